The van der Waals surface area contributed by atoms with E-state index < -0.39 is 0 Å². The van der Waals surface area contributed by atoms with Gasteiger partial charge in [0.1, 0.15) is 0 Å². The molecule has 4 nitrogen and oxygen atoms in total. The van der Waals surface area contributed by atoms with Crippen molar-refractivity contribution in [1.82, 2.24) is 10.2 Å². The number of hydrogen-bond donors (Lipinski definition) is 2. The summed E-state index contributed by atoms with van der Waals surface area (Å²) < 4.78 is 0. The van der Waals surface area contributed by atoms with Crippen LogP contribution in [0.5, 0.6) is 0 Å². The number of hydrogen-bond acceptors (Lipinski definition) is 3. The van der Waals surface area contributed by atoms with Crippen LogP contribution >= 0.6 is 0 Å². The third-order valence-electron chi connectivity index (χ3n) is 3.97. The lowest BCUT2D eigenvalue weighted by molar-refractivity contribution is -0.115. The summed E-state index contributed by atoms with van der Waals surface area (Å²) in [4.78, 5) is 14.2. The van der Waals surface area contributed by atoms with Gasteiger partial charge in [-0.1, -0.05) is 12.1 Å². The van der Waals surface area contributed by atoms with Gasteiger partial charge in [0.25, 0.3) is 0 Å². The summed E-state index contributed by atoms with van der Waals surface area (Å²) >= 11 is 0. The summed E-state index contributed by atoms with van der Waals surface area (Å²) in [6, 6.07) is 8.80. The molecule has 2 aliphatic rings. The topological polar surface area (TPSA) is 44.4 Å². The van der Waals surface area contributed by atoms with Crippen molar-refractivity contribution in [2.45, 2.75) is 38.3 Å². The van der Waals surface area contributed by atoms with E-state index in [1.54, 1.807) is 0 Å². The van der Waals surface area contributed by atoms with E-state index in [-0.39, 0.29) is 5.91 Å². The monoisotopic (exact) mass is 273 g/mol. The van der Waals surface area contributed by atoms with Gasteiger partial charge < -0.3 is 10.6 Å². The molecular formula is C16H23N3O. The molecule has 3 rings (SSSR count). The Morgan fingerprint density at radius 3 is 2.50 bits per heavy atom. The standard InChI is InChI=1S/C16H23N3O/c20-16(11-17-14-7-8-14)18-15-5-3-13(4-6-15)12-19-9-1-2-10-19/h3-6,14,17H,1-2,7-12H2,(H,18,20). The van der Waals surface area contributed by atoms with Crippen LogP contribution < -0.4 is 10.6 Å². The largest absolute Gasteiger partial charge is 0.325 e. The molecule has 1 aromatic rings. The zero-order valence-electron chi connectivity index (χ0n) is 11.9. The van der Waals surface area contributed by atoms with Crippen molar-refractivity contribution in [2.75, 3.05) is 25.0 Å². The van der Waals surface area contributed by atoms with Crippen molar-refractivity contribution in [3.63, 3.8) is 0 Å². The van der Waals surface area contributed by atoms with Crippen LogP contribution in [0.15, 0.2) is 24.3 Å². The average Bonchev–Trinajstić information content (AvgIpc) is 3.15. The van der Waals surface area contributed by atoms with E-state index in [1.807, 2.05) is 12.1 Å². The van der Waals surface area contributed by atoms with Gasteiger partial charge in [-0.05, 0) is 56.5 Å². The summed E-state index contributed by atoms with van der Waals surface area (Å²) in [5, 5.41) is 6.15. The van der Waals surface area contributed by atoms with Crippen LogP contribution in [-0.4, -0.2) is 36.5 Å². The maximum absolute atomic E-state index is 11.7. The fourth-order valence-corrected chi connectivity index (χ4v) is 2.62. The van der Waals surface area contributed by atoms with E-state index in [0.717, 1.165) is 12.2 Å². The molecule has 1 saturated carbocycles. The predicted octanol–water partition coefficient (Wildman–Crippen LogP) is 1.97. The van der Waals surface area contributed by atoms with Gasteiger partial charge in [-0.3, -0.25) is 9.69 Å². The molecule has 0 spiro atoms. The van der Waals surface area contributed by atoms with Crippen LogP contribution in [0.2, 0.25) is 0 Å². The molecule has 1 heterocycles. The van der Waals surface area contributed by atoms with E-state index in [0.29, 0.717) is 12.6 Å². The highest BCUT2D eigenvalue weighted by atomic mass is 16.1. The number of nitrogens with one attached hydrogen (secondary N) is 2. The SMILES string of the molecule is O=C(CNC1CC1)Nc1ccc(CN2CCCC2)cc1. The molecule has 4 heteroatoms. The van der Waals surface area contributed by atoms with Gasteiger partial charge in [-0.15, -0.1) is 0 Å². The molecule has 0 bridgehead atoms. The van der Waals surface area contributed by atoms with Crippen molar-refractivity contribution in [3.8, 4) is 0 Å². The first kappa shape index (κ1) is 13.6. The molecule has 0 aromatic heterocycles. The molecule has 1 amide bonds. The maximum Gasteiger partial charge on any atom is 0.238 e. The lowest BCUT2D eigenvalue weighted by Gasteiger charge is -2.14. The number of nitrogens with zero attached hydrogens (tertiary/aromatic N) is 1. The number of likely N-dealkylation sites (tertiary alicyclic amines) is 1. The van der Waals surface area contributed by atoms with E-state index in [1.165, 1.54) is 44.3 Å². The normalized spacial score (nSPS) is 19.2. The zero-order valence-corrected chi connectivity index (χ0v) is 11.9. The highest BCUT2D eigenvalue weighted by Gasteiger charge is 2.21. The van der Waals surface area contributed by atoms with Crippen molar-refractivity contribution in [1.29, 1.82) is 0 Å². The predicted molar refractivity (Wildman–Crippen MR) is 80.6 cm³/mol. The molecule has 1 saturated heterocycles. The molecule has 2 fully saturated rings. The van der Waals surface area contributed by atoms with Crippen molar-refractivity contribution < 1.29 is 4.79 Å². The summed E-state index contributed by atoms with van der Waals surface area (Å²) in [7, 11) is 0. The van der Waals surface area contributed by atoms with E-state index in [2.05, 4.69) is 27.7 Å². The molecule has 20 heavy (non-hydrogen) atoms. The first-order valence-corrected chi connectivity index (χ1v) is 7.64. The minimum atomic E-state index is 0.0455. The van der Waals surface area contributed by atoms with Gasteiger partial charge in [-0.2, -0.15) is 0 Å². The second-order valence-electron chi connectivity index (χ2n) is 5.88. The molecule has 1 aromatic carbocycles. The Hall–Kier alpha value is -1.39. The van der Waals surface area contributed by atoms with Gasteiger partial charge >= 0.3 is 0 Å². The highest BCUT2D eigenvalue weighted by Crippen LogP contribution is 2.18. The number of anilines is 1. The molecule has 0 unspecified atom stereocenters. The van der Waals surface area contributed by atoms with Crippen LogP contribution in [0.25, 0.3) is 0 Å². The number of rotatable bonds is 6. The van der Waals surface area contributed by atoms with Crippen LogP contribution in [0.1, 0.15) is 31.2 Å². The van der Waals surface area contributed by atoms with Crippen LogP contribution in [-0.2, 0) is 11.3 Å². The molecule has 1 aliphatic heterocycles. The Bertz CT molecular complexity index is 447. The Labute approximate surface area is 120 Å². The third kappa shape index (κ3) is 4.05. The Morgan fingerprint density at radius 2 is 1.85 bits per heavy atom. The fourth-order valence-electron chi connectivity index (χ4n) is 2.62. The third-order valence-corrected chi connectivity index (χ3v) is 3.97. The Morgan fingerprint density at radius 1 is 1.15 bits per heavy atom. The van der Waals surface area contributed by atoms with Crippen molar-refractivity contribution in [2.24, 2.45) is 0 Å². The second kappa shape index (κ2) is 6.37. The van der Waals surface area contributed by atoms with Gasteiger partial charge in [0.05, 0.1) is 6.54 Å². The van der Waals surface area contributed by atoms with Crippen LogP contribution in [0.4, 0.5) is 5.69 Å². The zero-order chi connectivity index (χ0) is 13.8. The number of amides is 1. The van der Waals surface area contributed by atoms with E-state index >= 15 is 0 Å². The molecule has 108 valence electrons. The molecule has 0 radical (unpaired) electrons. The summed E-state index contributed by atoms with van der Waals surface area (Å²) in [6.07, 6.45) is 5.06. The van der Waals surface area contributed by atoms with Gasteiger partial charge in [-0.25, -0.2) is 0 Å². The Kier molecular flexibility index (Phi) is 4.33. The lowest BCUT2D eigenvalue weighted by atomic mass is 10.2. The van der Waals surface area contributed by atoms with Gasteiger partial charge in [0.15, 0.2) is 0 Å². The molecule has 0 atom stereocenters. The smallest absolute Gasteiger partial charge is 0.238 e. The quantitative estimate of drug-likeness (QED) is 0.833. The van der Waals surface area contributed by atoms with Gasteiger partial charge in [0, 0.05) is 18.3 Å². The van der Waals surface area contributed by atoms with E-state index in [9.17, 15) is 4.79 Å². The number of benzene rings is 1. The minimum Gasteiger partial charge on any atom is -0.325 e. The summed E-state index contributed by atoms with van der Waals surface area (Å²) in [6.45, 7) is 3.87. The summed E-state index contributed by atoms with van der Waals surface area (Å²) in [5.74, 6) is 0.0455. The summed E-state index contributed by atoms with van der Waals surface area (Å²) in [5.41, 5.74) is 2.21. The second-order valence-corrected chi connectivity index (χ2v) is 5.88. The van der Waals surface area contributed by atoms with Crippen molar-refractivity contribution >= 4 is 11.6 Å². The van der Waals surface area contributed by atoms with Crippen LogP contribution in [0.3, 0.4) is 0 Å². The first-order valence-electron chi connectivity index (χ1n) is 7.64. The lowest BCUT2D eigenvalue weighted by Crippen LogP contribution is -2.29. The maximum atomic E-state index is 11.7. The highest BCUT2D eigenvalue weighted by molar-refractivity contribution is 5.92. The number of carbonyl (C=O) groups excluding carboxylic acids is 1. The van der Waals surface area contributed by atoms with Crippen LogP contribution in [0, 0.1) is 0 Å². The average molecular weight is 273 g/mol. The molecular weight excluding hydrogens is 250 g/mol. The molecule has 2 N–H and O–H groups in total. The van der Waals surface area contributed by atoms with E-state index in [4.69, 9.17) is 0 Å². The van der Waals surface area contributed by atoms with Crippen molar-refractivity contribution in [3.05, 3.63) is 29.8 Å². The fraction of sp³-hybridized carbons (Fsp3) is 0.562. The van der Waals surface area contributed by atoms with Gasteiger partial charge in [0.2, 0.25) is 5.91 Å². The Balaban J connectivity index is 1.45. The minimum absolute atomic E-state index is 0.0455. The number of carbonyl (C=O) groups is 1. The molecule has 1 aliphatic carbocycles. The first-order chi connectivity index (χ1) is 9.79.